The molecule has 10 aromatic rings. The van der Waals surface area contributed by atoms with Crippen molar-refractivity contribution in [3.63, 3.8) is 0 Å². The molecule has 0 heterocycles. The van der Waals surface area contributed by atoms with Crippen LogP contribution in [-0.2, 0) is 5.41 Å². The highest BCUT2D eigenvalue weighted by molar-refractivity contribution is 6.09. The van der Waals surface area contributed by atoms with Crippen LogP contribution in [-0.4, -0.2) is 0 Å². The summed E-state index contributed by atoms with van der Waals surface area (Å²) in [5.74, 6) is 0. The number of benzene rings is 10. The van der Waals surface area contributed by atoms with E-state index in [0.29, 0.717) is 0 Å². The molecular weight excluding hydrogens is 713 g/mol. The summed E-state index contributed by atoms with van der Waals surface area (Å²) in [5, 5.41) is 7.29. The summed E-state index contributed by atoms with van der Waals surface area (Å²) >= 11 is 0. The largest absolute Gasteiger partial charge is 0.310 e. The van der Waals surface area contributed by atoms with Gasteiger partial charge in [-0.05, 0) is 104 Å². The van der Waals surface area contributed by atoms with Crippen LogP contribution in [0.25, 0.3) is 54.6 Å². The molecule has 0 fully saturated rings. The van der Waals surface area contributed by atoms with Gasteiger partial charge in [-0.15, -0.1) is 0 Å². The molecule has 2 heteroatoms. The van der Waals surface area contributed by atoms with Gasteiger partial charge in [0.2, 0.25) is 0 Å². The minimum atomic E-state index is -0.104. The van der Waals surface area contributed by atoms with Gasteiger partial charge in [-0.1, -0.05) is 178 Å². The molecule has 0 atom stereocenters. The zero-order valence-corrected chi connectivity index (χ0v) is 33.2. The standard InChI is InChI=1S/C57H42N2/c1-57(2)52-27-13-12-25-49(52)50-35-34-44(38-53(50)57)58(54-28-14-18-39-16-6-8-22-46(39)54)43-32-30-41(31-33-43)45-36-37-56(51-26-11-10-24-48(45)51)59(42-20-4-3-5-21-42)55-29-15-19-40-17-7-9-23-47(40)55/h3-38H,1-2H3. The lowest BCUT2D eigenvalue weighted by molar-refractivity contribution is 0.660. The summed E-state index contributed by atoms with van der Waals surface area (Å²) in [5.41, 5.74) is 14.5. The monoisotopic (exact) mass is 754 g/mol. The van der Waals surface area contributed by atoms with E-state index in [1.54, 1.807) is 0 Å². The summed E-state index contributed by atoms with van der Waals surface area (Å²) in [4.78, 5) is 4.85. The predicted octanol–water partition coefficient (Wildman–Crippen LogP) is 16.1. The average molecular weight is 755 g/mol. The van der Waals surface area contributed by atoms with Crippen LogP contribution in [0.5, 0.6) is 0 Å². The maximum absolute atomic E-state index is 2.44. The first kappa shape index (κ1) is 34.8. The molecule has 0 saturated heterocycles. The van der Waals surface area contributed by atoms with E-state index in [2.05, 4.69) is 242 Å². The Hall–Kier alpha value is -7.42. The Labute approximate surface area is 345 Å². The van der Waals surface area contributed by atoms with Crippen molar-refractivity contribution >= 4 is 66.4 Å². The second-order valence-corrected chi connectivity index (χ2v) is 16.1. The Bertz CT molecular complexity index is 3190. The summed E-state index contributed by atoms with van der Waals surface area (Å²) < 4.78 is 0. The van der Waals surface area contributed by atoms with E-state index in [9.17, 15) is 0 Å². The zero-order valence-electron chi connectivity index (χ0n) is 33.2. The molecule has 0 spiro atoms. The summed E-state index contributed by atoms with van der Waals surface area (Å²) in [7, 11) is 0. The Balaban J connectivity index is 1.05. The SMILES string of the molecule is CC1(C)c2ccccc2-c2ccc(N(c3ccc(-c4ccc(N(c5ccccc5)c5cccc6ccccc56)c5ccccc45)cc3)c3cccc4ccccc34)cc21. The maximum atomic E-state index is 2.44. The highest BCUT2D eigenvalue weighted by Gasteiger charge is 2.36. The normalized spacial score (nSPS) is 12.7. The van der Waals surface area contributed by atoms with Gasteiger partial charge in [0.15, 0.2) is 0 Å². The van der Waals surface area contributed by atoms with Crippen molar-refractivity contribution in [2.24, 2.45) is 0 Å². The molecule has 59 heavy (non-hydrogen) atoms. The van der Waals surface area contributed by atoms with E-state index in [1.807, 2.05) is 0 Å². The highest BCUT2D eigenvalue weighted by Crippen LogP contribution is 2.51. The van der Waals surface area contributed by atoms with Gasteiger partial charge in [0.05, 0.1) is 17.1 Å². The number of para-hydroxylation sites is 1. The van der Waals surface area contributed by atoms with Gasteiger partial charge >= 0.3 is 0 Å². The molecule has 0 bridgehead atoms. The van der Waals surface area contributed by atoms with Gasteiger partial charge in [-0.2, -0.15) is 0 Å². The maximum Gasteiger partial charge on any atom is 0.0540 e. The molecular formula is C57H42N2. The van der Waals surface area contributed by atoms with Crippen LogP contribution >= 0.6 is 0 Å². The second-order valence-electron chi connectivity index (χ2n) is 16.1. The number of nitrogens with zero attached hydrogens (tertiary/aromatic N) is 2. The number of hydrogen-bond acceptors (Lipinski definition) is 2. The number of anilines is 6. The Morgan fingerprint density at radius 1 is 0.305 bits per heavy atom. The summed E-state index contributed by atoms with van der Waals surface area (Å²) in [6, 6.07) is 79.9. The number of fused-ring (bicyclic) bond motifs is 6. The third kappa shape index (κ3) is 5.71. The van der Waals surface area contributed by atoms with Crippen LogP contribution in [0.2, 0.25) is 0 Å². The highest BCUT2D eigenvalue weighted by atomic mass is 15.1. The molecule has 0 amide bonds. The van der Waals surface area contributed by atoms with Crippen molar-refractivity contribution in [3.8, 4) is 22.3 Å². The lowest BCUT2D eigenvalue weighted by atomic mass is 9.82. The molecule has 10 aromatic carbocycles. The van der Waals surface area contributed by atoms with Gasteiger partial charge in [0.25, 0.3) is 0 Å². The van der Waals surface area contributed by atoms with E-state index < -0.39 is 0 Å². The Morgan fingerprint density at radius 3 is 1.51 bits per heavy atom. The molecule has 280 valence electrons. The van der Waals surface area contributed by atoms with E-state index >= 15 is 0 Å². The first-order valence-electron chi connectivity index (χ1n) is 20.5. The van der Waals surface area contributed by atoms with Gasteiger partial charge in [-0.25, -0.2) is 0 Å². The van der Waals surface area contributed by atoms with E-state index in [0.717, 1.165) is 34.1 Å². The first-order chi connectivity index (χ1) is 29.0. The number of rotatable bonds is 7. The first-order valence-corrected chi connectivity index (χ1v) is 20.5. The van der Waals surface area contributed by atoms with E-state index in [4.69, 9.17) is 0 Å². The topological polar surface area (TPSA) is 6.48 Å². The van der Waals surface area contributed by atoms with Crippen LogP contribution in [0.4, 0.5) is 34.1 Å². The zero-order chi connectivity index (χ0) is 39.5. The van der Waals surface area contributed by atoms with Gasteiger partial charge < -0.3 is 9.80 Å². The third-order valence-electron chi connectivity index (χ3n) is 12.4. The molecule has 1 aliphatic carbocycles. The Kier molecular flexibility index (Phi) is 8.20. The smallest absolute Gasteiger partial charge is 0.0540 e. The van der Waals surface area contributed by atoms with Crippen LogP contribution < -0.4 is 9.80 Å². The summed E-state index contributed by atoms with van der Waals surface area (Å²) in [6.07, 6.45) is 0. The van der Waals surface area contributed by atoms with Crippen molar-refractivity contribution < 1.29 is 0 Å². The molecule has 0 aromatic heterocycles. The fourth-order valence-corrected chi connectivity index (χ4v) is 9.57. The quantitative estimate of drug-likeness (QED) is 0.160. The molecule has 0 saturated carbocycles. The molecule has 1 aliphatic rings. The molecule has 11 rings (SSSR count). The van der Waals surface area contributed by atoms with Crippen LogP contribution in [0.15, 0.2) is 218 Å². The van der Waals surface area contributed by atoms with Crippen molar-refractivity contribution in [1.29, 1.82) is 0 Å². The molecule has 2 nitrogen and oxygen atoms in total. The average Bonchev–Trinajstić information content (AvgIpc) is 3.52. The van der Waals surface area contributed by atoms with Gasteiger partial charge in [0, 0.05) is 38.6 Å². The second kappa shape index (κ2) is 13.9. The minimum Gasteiger partial charge on any atom is -0.310 e. The van der Waals surface area contributed by atoms with E-state index in [1.165, 1.54) is 65.7 Å². The van der Waals surface area contributed by atoms with Crippen LogP contribution in [0.3, 0.4) is 0 Å². The van der Waals surface area contributed by atoms with Crippen molar-refractivity contribution in [2.45, 2.75) is 19.3 Å². The fraction of sp³-hybridized carbons (Fsp3) is 0.0526. The molecule has 0 aliphatic heterocycles. The third-order valence-corrected chi connectivity index (χ3v) is 12.4. The van der Waals surface area contributed by atoms with Crippen LogP contribution in [0, 0.1) is 0 Å². The molecule has 0 radical (unpaired) electrons. The van der Waals surface area contributed by atoms with Gasteiger partial charge in [-0.3, -0.25) is 0 Å². The van der Waals surface area contributed by atoms with Crippen LogP contribution in [0.1, 0.15) is 25.0 Å². The van der Waals surface area contributed by atoms with Crippen molar-refractivity contribution in [1.82, 2.24) is 0 Å². The fourth-order valence-electron chi connectivity index (χ4n) is 9.57. The summed E-state index contributed by atoms with van der Waals surface area (Å²) in [6.45, 7) is 4.71. The Morgan fingerprint density at radius 2 is 0.797 bits per heavy atom. The lowest BCUT2D eigenvalue weighted by Crippen LogP contribution is -2.16. The van der Waals surface area contributed by atoms with Crippen molar-refractivity contribution in [3.05, 3.63) is 230 Å². The lowest BCUT2D eigenvalue weighted by Gasteiger charge is -2.29. The van der Waals surface area contributed by atoms with Crippen molar-refractivity contribution in [2.75, 3.05) is 9.80 Å². The number of hydrogen-bond donors (Lipinski definition) is 0. The van der Waals surface area contributed by atoms with E-state index in [-0.39, 0.29) is 5.41 Å². The predicted molar refractivity (Wildman–Crippen MR) is 251 cm³/mol. The minimum absolute atomic E-state index is 0.104. The van der Waals surface area contributed by atoms with Gasteiger partial charge in [0.1, 0.15) is 0 Å². The molecule has 0 unspecified atom stereocenters. The molecule has 0 N–H and O–H groups in total.